The van der Waals surface area contributed by atoms with Gasteiger partial charge < -0.3 is 10.1 Å². The topological polar surface area (TPSA) is 47.0 Å². The molecule has 0 bridgehead atoms. The van der Waals surface area contributed by atoms with Gasteiger partial charge in [0.2, 0.25) is 0 Å². The highest BCUT2D eigenvalue weighted by Gasteiger charge is 2.26. The Morgan fingerprint density at radius 3 is 2.62 bits per heavy atom. The molecule has 1 rings (SSSR count). The lowest BCUT2D eigenvalue weighted by Crippen LogP contribution is -2.27. The number of ether oxygens (including phenoxy) is 1. The largest absolute Gasteiger partial charge is 0.383 e. The summed E-state index contributed by atoms with van der Waals surface area (Å²) in [5.41, 5.74) is 1.10. The number of nitrogens with one attached hydrogen (secondary N) is 1. The van der Waals surface area contributed by atoms with Crippen molar-refractivity contribution in [1.29, 1.82) is 0 Å². The van der Waals surface area contributed by atoms with Gasteiger partial charge in [0.05, 0.1) is 23.2 Å². The average molecular weight is 243 g/mol. The molecule has 4 nitrogen and oxygen atoms in total. The molecule has 0 aromatic carbocycles. The Morgan fingerprint density at radius 1 is 1.44 bits per heavy atom. The maximum atomic E-state index is 5.24. The lowest BCUT2D eigenvalue weighted by Gasteiger charge is -2.21. The van der Waals surface area contributed by atoms with Crippen LogP contribution in [-0.2, 0) is 10.2 Å². The van der Waals surface area contributed by atoms with Crippen molar-refractivity contribution in [3.8, 4) is 0 Å². The van der Waals surface area contributed by atoms with E-state index in [9.17, 15) is 0 Å². The van der Waals surface area contributed by atoms with Crippen LogP contribution in [0.5, 0.6) is 0 Å². The average Bonchev–Trinajstić information content (AvgIpc) is 2.65. The molecule has 5 heteroatoms. The van der Waals surface area contributed by atoms with Crippen molar-refractivity contribution in [2.45, 2.75) is 39.2 Å². The van der Waals surface area contributed by atoms with Gasteiger partial charge in [-0.2, -0.15) is 0 Å². The monoisotopic (exact) mass is 243 g/mol. The predicted octanol–water partition coefficient (Wildman–Crippen LogP) is 2.13. The summed E-state index contributed by atoms with van der Waals surface area (Å²) >= 11 is 1.46. The van der Waals surface area contributed by atoms with Gasteiger partial charge in [-0.25, -0.2) is 0 Å². The minimum absolute atomic E-state index is 0.0315. The lowest BCUT2D eigenvalue weighted by molar-refractivity contribution is 0.168. The number of rotatable bonds is 5. The molecule has 1 aromatic rings. The Bertz CT molecular complexity index is 313. The molecule has 0 spiro atoms. The number of nitrogens with zero attached hydrogens (tertiary/aromatic N) is 2. The molecule has 0 amide bonds. The van der Waals surface area contributed by atoms with Crippen LogP contribution >= 0.6 is 11.5 Å². The summed E-state index contributed by atoms with van der Waals surface area (Å²) in [4.78, 5) is 1.19. The molecule has 1 heterocycles. The Morgan fingerprint density at radius 2 is 2.12 bits per heavy atom. The third-order valence-electron chi connectivity index (χ3n) is 2.32. The van der Waals surface area contributed by atoms with E-state index in [1.807, 2.05) is 0 Å². The van der Waals surface area contributed by atoms with Crippen molar-refractivity contribution in [1.82, 2.24) is 14.9 Å². The van der Waals surface area contributed by atoms with Crippen molar-refractivity contribution < 1.29 is 4.74 Å². The van der Waals surface area contributed by atoms with E-state index in [4.69, 9.17) is 4.74 Å². The van der Waals surface area contributed by atoms with Gasteiger partial charge in [0.25, 0.3) is 0 Å². The SMILES string of the molecule is CCNC(COC)c1snnc1C(C)(C)C. The van der Waals surface area contributed by atoms with Crippen molar-refractivity contribution in [2.75, 3.05) is 20.3 Å². The maximum absolute atomic E-state index is 5.24. The molecule has 0 radical (unpaired) electrons. The van der Waals surface area contributed by atoms with Crippen molar-refractivity contribution in [3.63, 3.8) is 0 Å². The summed E-state index contributed by atoms with van der Waals surface area (Å²) < 4.78 is 9.31. The fourth-order valence-electron chi connectivity index (χ4n) is 1.59. The van der Waals surface area contributed by atoms with Crippen LogP contribution in [0, 0.1) is 0 Å². The second-order valence-corrected chi connectivity index (χ2v) is 5.59. The fraction of sp³-hybridized carbons (Fsp3) is 0.818. The zero-order chi connectivity index (χ0) is 12.2. The first-order valence-electron chi connectivity index (χ1n) is 5.55. The third kappa shape index (κ3) is 3.23. The number of aromatic nitrogens is 2. The van der Waals surface area contributed by atoms with Crippen LogP contribution in [-0.4, -0.2) is 29.8 Å². The first kappa shape index (κ1) is 13.5. The van der Waals surface area contributed by atoms with Crippen molar-refractivity contribution in [3.05, 3.63) is 10.6 Å². The van der Waals surface area contributed by atoms with E-state index < -0.39 is 0 Å². The molecule has 0 aliphatic rings. The second-order valence-electron chi connectivity index (χ2n) is 4.80. The van der Waals surface area contributed by atoms with E-state index in [0.29, 0.717) is 6.61 Å². The summed E-state index contributed by atoms with van der Waals surface area (Å²) in [5, 5.41) is 7.65. The van der Waals surface area contributed by atoms with Crippen LogP contribution in [0.4, 0.5) is 0 Å². The van der Waals surface area contributed by atoms with Crippen LogP contribution in [0.2, 0.25) is 0 Å². The number of hydrogen-bond donors (Lipinski definition) is 1. The predicted molar refractivity (Wildman–Crippen MR) is 66.9 cm³/mol. The highest BCUT2D eigenvalue weighted by Crippen LogP contribution is 2.30. The molecule has 0 saturated heterocycles. The summed E-state index contributed by atoms with van der Waals surface area (Å²) in [6.07, 6.45) is 0. The number of hydrogen-bond acceptors (Lipinski definition) is 5. The molecule has 0 aliphatic carbocycles. The van der Waals surface area contributed by atoms with Gasteiger partial charge in [0, 0.05) is 12.5 Å². The van der Waals surface area contributed by atoms with Crippen molar-refractivity contribution >= 4 is 11.5 Å². The second kappa shape index (κ2) is 5.70. The van der Waals surface area contributed by atoms with Gasteiger partial charge in [-0.15, -0.1) is 5.10 Å². The molecule has 1 unspecified atom stereocenters. The van der Waals surface area contributed by atoms with Gasteiger partial charge in [0.1, 0.15) is 0 Å². The molecule has 92 valence electrons. The van der Waals surface area contributed by atoms with Gasteiger partial charge in [-0.3, -0.25) is 0 Å². The molecule has 1 aromatic heterocycles. The van der Waals surface area contributed by atoms with E-state index in [1.165, 1.54) is 16.4 Å². The molecular weight excluding hydrogens is 222 g/mol. The summed E-state index contributed by atoms with van der Waals surface area (Å²) in [6.45, 7) is 10.1. The Balaban J connectivity index is 2.95. The minimum atomic E-state index is 0.0315. The fourth-order valence-corrected chi connectivity index (χ4v) is 2.51. The van der Waals surface area contributed by atoms with Crippen LogP contribution in [0.1, 0.15) is 44.3 Å². The zero-order valence-corrected chi connectivity index (χ0v) is 11.5. The van der Waals surface area contributed by atoms with Gasteiger partial charge in [-0.05, 0) is 18.1 Å². The first-order chi connectivity index (χ1) is 7.50. The van der Waals surface area contributed by atoms with E-state index >= 15 is 0 Å². The molecule has 1 N–H and O–H groups in total. The van der Waals surface area contributed by atoms with Crippen LogP contribution < -0.4 is 5.32 Å². The Kier molecular flexibility index (Phi) is 4.83. The summed E-state index contributed by atoms with van der Waals surface area (Å²) in [5.74, 6) is 0. The van der Waals surface area contributed by atoms with Crippen LogP contribution in [0.3, 0.4) is 0 Å². The third-order valence-corrected chi connectivity index (χ3v) is 3.16. The molecule has 0 saturated carbocycles. The molecular formula is C11H21N3OS. The highest BCUT2D eigenvalue weighted by molar-refractivity contribution is 7.05. The van der Waals surface area contributed by atoms with E-state index in [0.717, 1.165) is 12.2 Å². The first-order valence-corrected chi connectivity index (χ1v) is 6.33. The summed E-state index contributed by atoms with van der Waals surface area (Å²) in [6, 6.07) is 0.198. The highest BCUT2D eigenvalue weighted by atomic mass is 32.1. The van der Waals surface area contributed by atoms with E-state index in [-0.39, 0.29) is 11.5 Å². The minimum Gasteiger partial charge on any atom is -0.383 e. The zero-order valence-electron chi connectivity index (χ0n) is 10.7. The normalized spacial score (nSPS) is 14.1. The standard InChI is InChI=1S/C11H21N3OS/c1-6-12-8(7-15-5)9-10(11(2,3)4)13-14-16-9/h8,12H,6-7H2,1-5H3. The van der Waals surface area contributed by atoms with Gasteiger partial charge in [0.15, 0.2) is 0 Å². The van der Waals surface area contributed by atoms with Gasteiger partial charge in [-0.1, -0.05) is 32.2 Å². The van der Waals surface area contributed by atoms with E-state index in [1.54, 1.807) is 7.11 Å². The van der Waals surface area contributed by atoms with Crippen molar-refractivity contribution in [2.24, 2.45) is 0 Å². The van der Waals surface area contributed by atoms with Gasteiger partial charge >= 0.3 is 0 Å². The smallest absolute Gasteiger partial charge is 0.0857 e. The number of methoxy groups -OCH3 is 1. The van der Waals surface area contributed by atoms with Crippen LogP contribution in [0.25, 0.3) is 0 Å². The number of likely N-dealkylation sites (N-methyl/N-ethyl adjacent to an activating group) is 1. The molecule has 0 aliphatic heterocycles. The maximum Gasteiger partial charge on any atom is 0.0857 e. The van der Waals surface area contributed by atoms with E-state index in [2.05, 4.69) is 42.6 Å². The molecule has 0 fully saturated rings. The Labute approximate surface area is 102 Å². The summed E-state index contributed by atoms with van der Waals surface area (Å²) in [7, 11) is 1.72. The van der Waals surface area contributed by atoms with Crippen LogP contribution in [0.15, 0.2) is 0 Å². The molecule has 1 atom stereocenters. The molecule has 16 heavy (non-hydrogen) atoms. The quantitative estimate of drug-likeness (QED) is 0.860. The Hall–Kier alpha value is -0.520. The lowest BCUT2D eigenvalue weighted by atomic mass is 9.90.